The van der Waals surface area contributed by atoms with Gasteiger partial charge in [0.05, 0.1) is 11.7 Å². The zero-order valence-corrected chi connectivity index (χ0v) is 16.4. The van der Waals surface area contributed by atoms with E-state index in [1.807, 2.05) is 20.0 Å². The topological polar surface area (TPSA) is 41.4 Å². The van der Waals surface area contributed by atoms with E-state index in [-0.39, 0.29) is 5.91 Å². The van der Waals surface area contributed by atoms with Crippen molar-refractivity contribution < 1.29 is 4.79 Å². The summed E-state index contributed by atoms with van der Waals surface area (Å²) < 4.78 is 1.74. The first-order chi connectivity index (χ1) is 13.0. The second kappa shape index (κ2) is 6.20. The number of aryl methyl sites for hydroxylation is 3. The van der Waals surface area contributed by atoms with Crippen molar-refractivity contribution in [2.24, 2.45) is 13.0 Å². The molecule has 0 spiro atoms. The normalized spacial score (nSPS) is 32.0. The van der Waals surface area contributed by atoms with Crippen molar-refractivity contribution in [3.05, 3.63) is 52.8 Å². The fourth-order valence-electron chi connectivity index (χ4n) is 5.72. The fourth-order valence-corrected chi connectivity index (χ4v) is 5.72. The molecule has 1 amide bonds. The summed E-state index contributed by atoms with van der Waals surface area (Å²) in [4.78, 5) is 18.3. The first-order valence-electron chi connectivity index (χ1n) is 10.1. The van der Waals surface area contributed by atoms with Crippen LogP contribution in [0.1, 0.15) is 46.1 Å². The van der Waals surface area contributed by atoms with Crippen LogP contribution in [-0.2, 0) is 7.05 Å². The summed E-state index contributed by atoms with van der Waals surface area (Å²) in [6.45, 7) is 7.26. The number of rotatable bonds is 2. The van der Waals surface area contributed by atoms with Crippen LogP contribution in [0, 0.1) is 19.8 Å². The van der Waals surface area contributed by atoms with Crippen LogP contribution in [0.5, 0.6) is 0 Å². The van der Waals surface area contributed by atoms with Crippen molar-refractivity contribution in [2.75, 3.05) is 19.6 Å². The summed E-state index contributed by atoms with van der Waals surface area (Å²) in [5, 5.41) is 4.40. The minimum Gasteiger partial charge on any atom is -0.332 e. The number of piperidine rings is 3. The maximum atomic E-state index is 13.5. The minimum atomic E-state index is 0.150. The van der Waals surface area contributed by atoms with E-state index in [0.717, 1.165) is 12.2 Å². The molecule has 2 bridgehead atoms. The Labute approximate surface area is 161 Å². The second-order valence-electron chi connectivity index (χ2n) is 8.62. The molecule has 4 saturated heterocycles. The van der Waals surface area contributed by atoms with Gasteiger partial charge in [-0.15, -0.1) is 0 Å². The summed E-state index contributed by atoms with van der Waals surface area (Å²) in [6, 6.07) is 11.7. The Balaban J connectivity index is 1.53. The minimum absolute atomic E-state index is 0.150. The summed E-state index contributed by atoms with van der Waals surface area (Å²) in [5.41, 5.74) is 4.28. The molecule has 4 fully saturated rings. The number of aromatic nitrogens is 2. The molecule has 4 aliphatic heterocycles. The smallest absolute Gasteiger partial charge is 0.272 e. The van der Waals surface area contributed by atoms with Crippen molar-refractivity contribution in [3.8, 4) is 0 Å². The molecule has 1 aromatic carbocycles. The number of amides is 1. The number of likely N-dealkylation sites (tertiary alicyclic amines) is 1. The highest BCUT2D eigenvalue weighted by atomic mass is 16.2. The lowest BCUT2D eigenvalue weighted by Gasteiger charge is -2.51. The molecule has 27 heavy (non-hydrogen) atoms. The van der Waals surface area contributed by atoms with Gasteiger partial charge < -0.3 is 4.90 Å². The monoisotopic (exact) mass is 364 g/mol. The van der Waals surface area contributed by atoms with Crippen LogP contribution >= 0.6 is 0 Å². The van der Waals surface area contributed by atoms with Gasteiger partial charge in [0.2, 0.25) is 0 Å². The number of nitrogens with zero attached hydrogens (tertiary/aromatic N) is 4. The predicted molar refractivity (Wildman–Crippen MR) is 105 cm³/mol. The van der Waals surface area contributed by atoms with Gasteiger partial charge in [0, 0.05) is 25.6 Å². The molecule has 0 unspecified atom stereocenters. The Morgan fingerprint density at radius 2 is 1.78 bits per heavy atom. The highest BCUT2D eigenvalue weighted by Gasteiger charge is 2.54. The standard InChI is InChI=1S/C22H28N4O/c1-14-4-6-16(7-5-14)18-13-26(22(27)19-12-15(2)23-24(19)3)20-17-8-10-25(11-9-17)21(18)20/h4-7,12,17-18,20-21H,8-11,13H2,1-3H3/t18-,20-,21-/m1/s1. The average molecular weight is 364 g/mol. The Bertz CT molecular complexity index is 863. The van der Waals surface area contributed by atoms with Crippen LogP contribution < -0.4 is 0 Å². The molecule has 4 aliphatic rings. The zero-order chi connectivity index (χ0) is 18.7. The zero-order valence-electron chi connectivity index (χ0n) is 16.4. The van der Waals surface area contributed by atoms with Gasteiger partial charge in [-0.3, -0.25) is 14.4 Å². The van der Waals surface area contributed by atoms with E-state index < -0.39 is 0 Å². The molecule has 142 valence electrons. The molecule has 0 radical (unpaired) electrons. The number of hydrogen-bond acceptors (Lipinski definition) is 3. The van der Waals surface area contributed by atoms with E-state index in [1.165, 1.54) is 37.1 Å². The molecule has 3 atom stereocenters. The van der Waals surface area contributed by atoms with Crippen LogP contribution in [0.2, 0.25) is 0 Å². The molecule has 0 aliphatic carbocycles. The number of hydrogen-bond donors (Lipinski definition) is 0. The summed E-state index contributed by atoms with van der Waals surface area (Å²) in [5.74, 6) is 1.18. The van der Waals surface area contributed by atoms with Gasteiger partial charge in [-0.05, 0) is 57.3 Å². The molecular weight excluding hydrogens is 336 g/mol. The number of fused-ring (bicyclic) bond motifs is 2. The number of carbonyl (C=O) groups excluding carboxylic acids is 1. The Morgan fingerprint density at radius 3 is 2.41 bits per heavy atom. The maximum absolute atomic E-state index is 13.5. The number of carbonyl (C=O) groups is 1. The van der Waals surface area contributed by atoms with Crippen LogP contribution in [0.4, 0.5) is 0 Å². The third-order valence-corrected chi connectivity index (χ3v) is 6.98. The van der Waals surface area contributed by atoms with Crippen LogP contribution in [0.15, 0.2) is 30.3 Å². The average Bonchev–Trinajstić information content (AvgIpc) is 3.24. The van der Waals surface area contributed by atoms with Crippen molar-refractivity contribution in [1.82, 2.24) is 19.6 Å². The van der Waals surface area contributed by atoms with Crippen molar-refractivity contribution in [2.45, 2.75) is 44.7 Å². The molecule has 2 aromatic rings. The molecule has 5 heterocycles. The quantitative estimate of drug-likeness (QED) is 0.823. The van der Waals surface area contributed by atoms with Crippen molar-refractivity contribution >= 4 is 5.91 Å². The molecule has 5 nitrogen and oxygen atoms in total. The Morgan fingerprint density at radius 1 is 1.07 bits per heavy atom. The lowest BCUT2D eigenvalue weighted by molar-refractivity contribution is -0.00372. The van der Waals surface area contributed by atoms with E-state index in [2.05, 4.69) is 46.1 Å². The van der Waals surface area contributed by atoms with Crippen LogP contribution in [0.25, 0.3) is 0 Å². The van der Waals surface area contributed by atoms with E-state index in [1.54, 1.807) is 4.68 Å². The van der Waals surface area contributed by atoms with E-state index >= 15 is 0 Å². The van der Waals surface area contributed by atoms with Gasteiger partial charge >= 0.3 is 0 Å². The first-order valence-corrected chi connectivity index (χ1v) is 10.1. The second-order valence-corrected chi connectivity index (χ2v) is 8.62. The molecule has 0 saturated carbocycles. The number of benzene rings is 1. The van der Waals surface area contributed by atoms with Crippen LogP contribution in [0.3, 0.4) is 0 Å². The van der Waals surface area contributed by atoms with Crippen LogP contribution in [-0.4, -0.2) is 57.2 Å². The van der Waals surface area contributed by atoms with E-state index in [9.17, 15) is 4.79 Å². The SMILES string of the molecule is Cc1ccc([C@H]2CN(C(=O)c3cc(C)nn3C)[C@@H]3C4CCN(CC4)[C@H]23)cc1. The largest absolute Gasteiger partial charge is 0.332 e. The Hall–Kier alpha value is -2.14. The van der Waals surface area contributed by atoms with E-state index in [4.69, 9.17) is 0 Å². The summed E-state index contributed by atoms with van der Waals surface area (Å²) in [6.07, 6.45) is 2.44. The predicted octanol–water partition coefficient (Wildman–Crippen LogP) is 2.74. The van der Waals surface area contributed by atoms with Gasteiger partial charge in [0.25, 0.3) is 5.91 Å². The lowest BCUT2D eigenvalue weighted by atomic mass is 9.75. The third kappa shape index (κ3) is 2.63. The lowest BCUT2D eigenvalue weighted by Crippen LogP contribution is -2.60. The molecule has 5 heteroatoms. The van der Waals surface area contributed by atoms with Gasteiger partial charge in [-0.1, -0.05) is 29.8 Å². The molecule has 0 N–H and O–H groups in total. The maximum Gasteiger partial charge on any atom is 0.272 e. The first kappa shape index (κ1) is 17.0. The highest BCUT2D eigenvalue weighted by molar-refractivity contribution is 5.93. The van der Waals surface area contributed by atoms with Gasteiger partial charge in [-0.2, -0.15) is 5.10 Å². The van der Waals surface area contributed by atoms with Gasteiger partial charge in [0.15, 0.2) is 0 Å². The van der Waals surface area contributed by atoms with Crippen molar-refractivity contribution in [1.29, 1.82) is 0 Å². The Kier molecular flexibility index (Phi) is 3.90. The molecular formula is C22H28N4O. The van der Waals surface area contributed by atoms with Gasteiger partial charge in [-0.25, -0.2) is 0 Å². The summed E-state index contributed by atoms with van der Waals surface area (Å²) >= 11 is 0. The van der Waals surface area contributed by atoms with Gasteiger partial charge in [0.1, 0.15) is 5.69 Å². The molecule has 1 aromatic heterocycles. The third-order valence-electron chi connectivity index (χ3n) is 6.98. The van der Waals surface area contributed by atoms with Crippen molar-refractivity contribution in [3.63, 3.8) is 0 Å². The summed E-state index contributed by atoms with van der Waals surface area (Å²) in [7, 11) is 1.88. The fraction of sp³-hybridized carbons (Fsp3) is 0.545. The highest BCUT2D eigenvalue weighted by Crippen LogP contribution is 2.46. The van der Waals surface area contributed by atoms with E-state index in [0.29, 0.717) is 29.6 Å². The molecule has 6 rings (SSSR count).